The fourth-order valence-electron chi connectivity index (χ4n) is 1.45. The normalized spacial score (nSPS) is 11.3. The van der Waals surface area contributed by atoms with Crippen LogP contribution in [0.4, 0.5) is 0 Å². The summed E-state index contributed by atoms with van der Waals surface area (Å²) in [6, 6.07) is 6.48. The molecule has 0 radical (unpaired) electrons. The zero-order valence-electron chi connectivity index (χ0n) is 9.91. The largest absolute Gasteiger partial charge is 0.409 e. The van der Waals surface area contributed by atoms with Crippen molar-refractivity contribution >= 4 is 23.1 Å². The first kappa shape index (κ1) is 13.0. The number of aromatic nitrogens is 1. The monoisotopic (exact) mass is 276 g/mol. The molecule has 7 heteroatoms. The summed E-state index contributed by atoms with van der Waals surface area (Å²) >= 11 is 1.48. The van der Waals surface area contributed by atoms with E-state index in [4.69, 9.17) is 10.9 Å². The fraction of sp³-hybridized carbons (Fsp3) is 0.0833. The number of nitrogens with zero attached hydrogens (tertiary/aromatic N) is 2. The van der Waals surface area contributed by atoms with E-state index in [2.05, 4.69) is 15.5 Å². The summed E-state index contributed by atoms with van der Waals surface area (Å²) in [5.74, 6) is -0.170. The van der Waals surface area contributed by atoms with Crippen molar-refractivity contribution in [3.05, 3.63) is 52.0 Å². The summed E-state index contributed by atoms with van der Waals surface area (Å²) in [5, 5.41) is 14.2. The number of amides is 1. The Balaban J connectivity index is 1.99. The lowest BCUT2D eigenvalue weighted by Crippen LogP contribution is -2.22. The van der Waals surface area contributed by atoms with Crippen LogP contribution in [0.3, 0.4) is 0 Å². The van der Waals surface area contributed by atoms with Gasteiger partial charge in [0.05, 0.1) is 12.1 Å². The molecule has 4 N–H and O–H groups in total. The van der Waals surface area contributed by atoms with E-state index in [0.717, 1.165) is 4.88 Å². The molecule has 19 heavy (non-hydrogen) atoms. The maximum atomic E-state index is 11.9. The second-order valence-electron chi connectivity index (χ2n) is 3.71. The summed E-state index contributed by atoms with van der Waals surface area (Å²) < 4.78 is 0. The molecule has 0 spiro atoms. The number of carbonyl (C=O) groups is 1. The zero-order valence-corrected chi connectivity index (χ0v) is 10.7. The molecule has 0 aliphatic heterocycles. The standard InChI is InChI=1S/C12H12N4O2S/c13-11(16-18)8-1-3-9(4-2-8)12(17)15-6-10-5-14-7-19-10/h1-5,7,18H,6H2,(H2,13,16)(H,15,17). The van der Waals surface area contributed by atoms with Crippen LogP contribution in [0.2, 0.25) is 0 Å². The van der Waals surface area contributed by atoms with Gasteiger partial charge in [0, 0.05) is 22.2 Å². The van der Waals surface area contributed by atoms with Crippen molar-refractivity contribution in [1.29, 1.82) is 0 Å². The Labute approximate surface area is 113 Å². The first-order valence-corrected chi connectivity index (χ1v) is 6.32. The van der Waals surface area contributed by atoms with Crippen molar-refractivity contribution in [1.82, 2.24) is 10.3 Å². The van der Waals surface area contributed by atoms with E-state index < -0.39 is 0 Å². The number of oxime groups is 1. The molecule has 98 valence electrons. The van der Waals surface area contributed by atoms with Gasteiger partial charge < -0.3 is 16.3 Å². The second kappa shape index (κ2) is 5.96. The van der Waals surface area contributed by atoms with Crippen LogP contribution in [-0.2, 0) is 6.54 Å². The number of hydrogen-bond acceptors (Lipinski definition) is 5. The Morgan fingerprint density at radius 2 is 2.05 bits per heavy atom. The maximum absolute atomic E-state index is 11.9. The minimum atomic E-state index is -0.181. The van der Waals surface area contributed by atoms with Gasteiger partial charge in [-0.25, -0.2) is 0 Å². The molecule has 0 unspecified atom stereocenters. The van der Waals surface area contributed by atoms with Crippen molar-refractivity contribution in [2.24, 2.45) is 10.9 Å². The van der Waals surface area contributed by atoms with Crippen LogP contribution in [0, 0.1) is 0 Å². The highest BCUT2D eigenvalue weighted by atomic mass is 32.1. The molecule has 0 aliphatic rings. The minimum absolute atomic E-state index is 0.0108. The Hall–Kier alpha value is -2.41. The summed E-state index contributed by atoms with van der Waals surface area (Å²) in [7, 11) is 0. The lowest BCUT2D eigenvalue weighted by molar-refractivity contribution is 0.0951. The van der Waals surface area contributed by atoms with E-state index in [1.807, 2.05) is 0 Å². The van der Waals surface area contributed by atoms with Gasteiger partial charge >= 0.3 is 0 Å². The molecule has 1 heterocycles. The van der Waals surface area contributed by atoms with Crippen molar-refractivity contribution in [2.45, 2.75) is 6.54 Å². The van der Waals surface area contributed by atoms with Crippen LogP contribution in [0.25, 0.3) is 0 Å². The van der Waals surface area contributed by atoms with Crippen LogP contribution in [0.5, 0.6) is 0 Å². The van der Waals surface area contributed by atoms with Gasteiger partial charge in [-0.1, -0.05) is 17.3 Å². The number of amidine groups is 1. The Kier molecular flexibility index (Phi) is 4.09. The van der Waals surface area contributed by atoms with Gasteiger partial charge in [-0.05, 0) is 12.1 Å². The number of rotatable bonds is 4. The van der Waals surface area contributed by atoms with Crippen LogP contribution in [-0.4, -0.2) is 21.9 Å². The molecule has 0 saturated carbocycles. The molecule has 0 atom stereocenters. The first-order chi connectivity index (χ1) is 9.20. The number of thiazole rings is 1. The van der Waals surface area contributed by atoms with Crippen molar-refractivity contribution in [3.63, 3.8) is 0 Å². The molecule has 0 aliphatic carbocycles. The van der Waals surface area contributed by atoms with Gasteiger partial charge in [-0.3, -0.25) is 9.78 Å². The van der Waals surface area contributed by atoms with E-state index in [9.17, 15) is 4.79 Å². The zero-order chi connectivity index (χ0) is 13.7. The summed E-state index contributed by atoms with van der Waals surface area (Å²) in [5.41, 5.74) is 8.22. The molecule has 0 saturated heterocycles. The van der Waals surface area contributed by atoms with Crippen molar-refractivity contribution < 1.29 is 10.0 Å². The van der Waals surface area contributed by atoms with Crippen molar-refractivity contribution in [2.75, 3.05) is 0 Å². The molecule has 2 aromatic rings. The highest BCUT2D eigenvalue weighted by Crippen LogP contribution is 2.07. The number of hydrogen-bond donors (Lipinski definition) is 3. The number of nitrogens with one attached hydrogen (secondary N) is 1. The van der Waals surface area contributed by atoms with E-state index >= 15 is 0 Å². The van der Waals surface area contributed by atoms with Crippen LogP contribution in [0.15, 0.2) is 41.1 Å². The Bertz CT molecular complexity index is 578. The van der Waals surface area contributed by atoms with Gasteiger partial charge in [-0.15, -0.1) is 11.3 Å². The molecule has 1 amide bonds. The second-order valence-corrected chi connectivity index (χ2v) is 4.68. The summed E-state index contributed by atoms with van der Waals surface area (Å²) in [6.07, 6.45) is 1.71. The molecule has 1 aromatic carbocycles. The predicted octanol–water partition coefficient (Wildman–Crippen LogP) is 1.17. The maximum Gasteiger partial charge on any atom is 0.251 e. The van der Waals surface area contributed by atoms with Gasteiger partial charge in [0.25, 0.3) is 5.91 Å². The van der Waals surface area contributed by atoms with Crippen LogP contribution in [0.1, 0.15) is 20.8 Å². The van der Waals surface area contributed by atoms with Gasteiger partial charge in [0.2, 0.25) is 0 Å². The van der Waals surface area contributed by atoms with Gasteiger partial charge in [-0.2, -0.15) is 0 Å². The average Bonchev–Trinajstić information content (AvgIpc) is 2.97. The number of nitrogens with two attached hydrogens (primary N) is 1. The molecular formula is C12H12N4O2S. The molecule has 0 fully saturated rings. The predicted molar refractivity (Wildman–Crippen MR) is 72.2 cm³/mol. The first-order valence-electron chi connectivity index (χ1n) is 5.44. The van der Waals surface area contributed by atoms with E-state index in [0.29, 0.717) is 17.7 Å². The third-order valence-corrected chi connectivity index (χ3v) is 3.24. The quantitative estimate of drug-likeness (QED) is 0.338. The Morgan fingerprint density at radius 1 is 1.37 bits per heavy atom. The average molecular weight is 276 g/mol. The van der Waals surface area contributed by atoms with E-state index in [1.54, 1.807) is 36.0 Å². The molecule has 0 bridgehead atoms. The molecule has 2 rings (SSSR count). The molecule has 6 nitrogen and oxygen atoms in total. The highest BCUT2D eigenvalue weighted by Gasteiger charge is 2.06. The van der Waals surface area contributed by atoms with Crippen LogP contribution >= 0.6 is 11.3 Å². The number of carbonyl (C=O) groups excluding carboxylic acids is 1. The summed E-state index contributed by atoms with van der Waals surface area (Å²) in [4.78, 5) is 16.8. The third kappa shape index (κ3) is 3.29. The molecule has 1 aromatic heterocycles. The Morgan fingerprint density at radius 3 is 2.63 bits per heavy atom. The SMILES string of the molecule is N/C(=N/O)c1ccc(C(=O)NCc2cncs2)cc1. The highest BCUT2D eigenvalue weighted by molar-refractivity contribution is 7.09. The number of benzene rings is 1. The lowest BCUT2D eigenvalue weighted by Gasteiger charge is -2.04. The molecular weight excluding hydrogens is 264 g/mol. The van der Waals surface area contributed by atoms with E-state index in [-0.39, 0.29) is 11.7 Å². The minimum Gasteiger partial charge on any atom is -0.409 e. The topological polar surface area (TPSA) is 101 Å². The fourth-order valence-corrected chi connectivity index (χ4v) is 1.98. The van der Waals surface area contributed by atoms with Crippen molar-refractivity contribution in [3.8, 4) is 0 Å². The van der Waals surface area contributed by atoms with Gasteiger partial charge in [0.1, 0.15) is 0 Å². The lowest BCUT2D eigenvalue weighted by atomic mass is 10.1. The smallest absolute Gasteiger partial charge is 0.251 e. The third-order valence-electron chi connectivity index (χ3n) is 2.46. The van der Waals surface area contributed by atoms with Crippen LogP contribution < -0.4 is 11.1 Å². The van der Waals surface area contributed by atoms with Gasteiger partial charge in [0.15, 0.2) is 5.84 Å². The van der Waals surface area contributed by atoms with E-state index in [1.165, 1.54) is 11.3 Å². The summed E-state index contributed by atoms with van der Waals surface area (Å²) in [6.45, 7) is 0.450.